The average Bonchev–Trinajstić information content (AvgIpc) is 3.10. The van der Waals surface area contributed by atoms with E-state index in [1.54, 1.807) is 30.3 Å². The van der Waals surface area contributed by atoms with E-state index in [-0.39, 0.29) is 10.4 Å². The van der Waals surface area contributed by atoms with E-state index in [0.717, 1.165) is 17.4 Å². The highest BCUT2D eigenvalue weighted by Crippen LogP contribution is 2.45. The van der Waals surface area contributed by atoms with Crippen molar-refractivity contribution in [3.8, 4) is 11.1 Å². The number of hydrogen-bond donors (Lipinski definition) is 2. The molecule has 0 unspecified atom stereocenters. The summed E-state index contributed by atoms with van der Waals surface area (Å²) in [6, 6.07) is 11.6. The van der Waals surface area contributed by atoms with Gasteiger partial charge in [0.15, 0.2) is 11.6 Å². The zero-order chi connectivity index (χ0) is 21.0. The van der Waals surface area contributed by atoms with Crippen LogP contribution in [0.15, 0.2) is 54.7 Å². The molecule has 3 amide bonds. The first-order chi connectivity index (χ1) is 14.5. The number of benzene rings is 2. The van der Waals surface area contributed by atoms with Crippen molar-refractivity contribution < 1.29 is 18.4 Å². The van der Waals surface area contributed by atoms with E-state index < -0.39 is 23.6 Å². The Bertz CT molecular complexity index is 1370. The molecule has 1 aliphatic heterocycles. The quantitative estimate of drug-likeness (QED) is 0.486. The van der Waals surface area contributed by atoms with Gasteiger partial charge in [-0.15, -0.1) is 11.3 Å². The summed E-state index contributed by atoms with van der Waals surface area (Å²) >= 11 is 1.10. The van der Waals surface area contributed by atoms with Gasteiger partial charge in [-0.3, -0.25) is 9.69 Å². The summed E-state index contributed by atoms with van der Waals surface area (Å²) in [5.41, 5.74) is 7.23. The molecule has 148 valence electrons. The summed E-state index contributed by atoms with van der Waals surface area (Å²) in [5, 5.41) is 3.30. The summed E-state index contributed by atoms with van der Waals surface area (Å²) in [5.74, 6) is -2.57. The van der Waals surface area contributed by atoms with Crippen LogP contribution in [0.3, 0.4) is 0 Å². The Morgan fingerprint density at radius 1 is 1.13 bits per heavy atom. The van der Waals surface area contributed by atoms with Crippen molar-refractivity contribution in [2.45, 2.75) is 0 Å². The van der Waals surface area contributed by atoms with Crippen LogP contribution >= 0.6 is 11.3 Å². The van der Waals surface area contributed by atoms with Crippen LogP contribution < -0.4 is 16.0 Å². The van der Waals surface area contributed by atoms with E-state index in [1.807, 2.05) is 0 Å². The van der Waals surface area contributed by atoms with Gasteiger partial charge in [-0.2, -0.15) is 0 Å². The Morgan fingerprint density at radius 3 is 2.73 bits per heavy atom. The van der Waals surface area contributed by atoms with E-state index in [4.69, 9.17) is 5.73 Å². The Morgan fingerprint density at radius 2 is 1.93 bits per heavy atom. The molecule has 4 aromatic rings. The maximum Gasteiger partial charge on any atom is 0.331 e. The van der Waals surface area contributed by atoms with E-state index >= 15 is 0 Å². The minimum atomic E-state index is -0.963. The van der Waals surface area contributed by atoms with Crippen molar-refractivity contribution >= 4 is 50.6 Å². The van der Waals surface area contributed by atoms with E-state index in [1.165, 1.54) is 23.2 Å². The standard InChI is InChI=1S/C21H12F2N4O2S/c22-13-6-2-5-12(16(13)23)10-3-1-4-11(9-10)27-14-7-8-25-20-15(14)17(26-21(27)29)18(30-20)19(24)28/h1-9H,(H2,24,28)(H,26,29). The lowest BCUT2D eigenvalue weighted by Crippen LogP contribution is -2.34. The number of pyridine rings is 1. The van der Waals surface area contributed by atoms with Crippen LogP contribution in [0.25, 0.3) is 21.3 Å². The summed E-state index contributed by atoms with van der Waals surface area (Å²) in [6.07, 6.45) is 1.53. The molecule has 1 aliphatic rings. The van der Waals surface area contributed by atoms with Gasteiger partial charge in [0.2, 0.25) is 0 Å². The number of carbonyl (C=O) groups is 2. The van der Waals surface area contributed by atoms with Crippen LogP contribution in [0.5, 0.6) is 0 Å². The third kappa shape index (κ3) is 2.63. The fourth-order valence-electron chi connectivity index (χ4n) is 3.55. The number of rotatable bonds is 3. The Balaban J connectivity index is 1.69. The number of aromatic nitrogens is 1. The fraction of sp³-hybridized carbons (Fsp3) is 0. The van der Waals surface area contributed by atoms with E-state index in [9.17, 15) is 18.4 Å². The Kier molecular flexibility index (Phi) is 4.00. The SMILES string of the molecule is NC(=O)c1sc2nccc3c2c1NC(=O)N3c1cccc(-c2cccc(F)c2F)c1. The smallest absolute Gasteiger partial charge is 0.331 e. The van der Waals surface area contributed by atoms with Gasteiger partial charge >= 0.3 is 6.03 Å². The number of anilines is 3. The summed E-state index contributed by atoms with van der Waals surface area (Å²) < 4.78 is 28.0. The highest BCUT2D eigenvalue weighted by Gasteiger charge is 2.32. The molecule has 9 heteroatoms. The lowest BCUT2D eigenvalue weighted by molar-refractivity contribution is 0.100. The fourth-order valence-corrected chi connectivity index (χ4v) is 4.52. The monoisotopic (exact) mass is 422 g/mol. The van der Waals surface area contributed by atoms with Crippen LogP contribution in [0.4, 0.5) is 30.6 Å². The molecular weight excluding hydrogens is 410 g/mol. The highest BCUT2D eigenvalue weighted by atomic mass is 32.1. The minimum absolute atomic E-state index is 0.0846. The zero-order valence-corrected chi connectivity index (χ0v) is 16.0. The van der Waals surface area contributed by atoms with Gasteiger partial charge in [0.05, 0.1) is 22.4 Å². The number of nitrogens with zero attached hydrogens (tertiary/aromatic N) is 2. The van der Waals surface area contributed by atoms with Gasteiger partial charge in [-0.25, -0.2) is 18.6 Å². The Hall–Kier alpha value is -3.85. The second-order valence-electron chi connectivity index (χ2n) is 6.60. The van der Waals surface area contributed by atoms with Crippen LogP contribution in [-0.2, 0) is 0 Å². The van der Waals surface area contributed by atoms with E-state index in [2.05, 4.69) is 10.3 Å². The molecule has 0 saturated carbocycles. The predicted molar refractivity (Wildman–Crippen MR) is 111 cm³/mol. The van der Waals surface area contributed by atoms with Gasteiger partial charge in [-0.05, 0) is 29.8 Å². The van der Waals surface area contributed by atoms with Crippen LogP contribution in [0, 0.1) is 11.6 Å². The number of amides is 3. The number of halogens is 2. The predicted octanol–water partition coefficient (Wildman–Crippen LogP) is 5.02. The van der Waals surface area contributed by atoms with Crippen molar-refractivity contribution in [3.05, 3.63) is 71.2 Å². The normalized spacial score (nSPS) is 12.9. The lowest BCUT2D eigenvalue weighted by Gasteiger charge is -2.28. The molecular formula is C21H12F2N4O2S. The number of urea groups is 1. The summed E-state index contributed by atoms with van der Waals surface area (Å²) in [4.78, 5) is 31.2. The van der Waals surface area contributed by atoms with Crippen molar-refractivity contribution in [3.63, 3.8) is 0 Å². The lowest BCUT2D eigenvalue weighted by atomic mass is 10.0. The summed E-state index contributed by atoms with van der Waals surface area (Å²) in [7, 11) is 0. The van der Waals surface area contributed by atoms with Crippen LogP contribution in [0.2, 0.25) is 0 Å². The van der Waals surface area contributed by atoms with Gasteiger partial charge in [0.25, 0.3) is 5.91 Å². The maximum atomic E-state index is 14.3. The molecule has 0 aliphatic carbocycles. The van der Waals surface area contributed by atoms with E-state index in [0.29, 0.717) is 32.8 Å². The van der Waals surface area contributed by atoms with Crippen LogP contribution in [-0.4, -0.2) is 16.9 Å². The maximum absolute atomic E-state index is 14.3. The summed E-state index contributed by atoms with van der Waals surface area (Å²) in [6.45, 7) is 0. The second kappa shape index (κ2) is 6.60. The first kappa shape index (κ1) is 18.2. The number of primary amides is 1. The number of nitrogens with one attached hydrogen (secondary N) is 1. The molecule has 0 fully saturated rings. The van der Waals surface area contributed by atoms with Crippen molar-refractivity contribution in [2.75, 3.05) is 10.2 Å². The van der Waals surface area contributed by atoms with Crippen molar-refractivity contribution in [2.24, 2.45) is 5.73 Å². The largest absolute Gasteiger partial charge is 0.365 e. The van der Waals surface area contributed by atoms with Gasteiger partial charge in [0.1, 0.15) is 9.71 Å². The minimum Gasteiger partial charge on any atom is -0.365 e. The van der Waals surface area contributed by atoms with Gasteiger partial charge in [-0.1, -0.05) is 24.3 Å². The molecule has 3 N–H and O–H groups in total. The van der Waals surface area contributed by atoms with Crippen molar-refractivity contribution in [1.82, 2.24) is 4.98 Å². The molecule has 0 atom stereocenters. The molecule has 2 aromatic heterocycles. The molecule has 0 bridgehead atoms. The topological polar surface area (TPSA) is 88.3 Å². The number of thiophene rings is 1. The van der Waals surface area contributed by atoms with Gasteiger partial charge < -0.3 is 11.1 Å². The molecule has 30 heavy (non-hydrogen) atoms. The van der Waals surface area contributed by atoms with Crippen LogP contribution in [0.1, 0.15) is 9.67 Å². The molecule has 3 heterocycles. The Labute approximate surface area is 172 Å². The molecule has 0 saturated heterocycles. The van der Waals surface area contributed by atoms with Crippen molar-refractivity contribution in [1.29, 1.82) is 0 Å². The molecule has 0 radical (unpaired) electrons. The molecule has 0 spiro atoms. The number of nitrogens with two attached hydrogens (primary N) is 1. The first-order valence-corrected chi connectivity index (χ1v) is 9.64. The third-order valence-electron chi connectivity index (χ3n) is 4.84. The molecule has 5 rings (SSSR count). The molecule has 6 nitrogen and oxygen atoms in total. The first-order valence-electron chi connectivity index (χ1n) is 8.82. The average molecular weight is 422 g/mol. The molecule has 2 aromatic carbocycles. The second-order valence-corrected chi connectivity index (χ2v) is 7.60. The highest BCUT2D eigenvalue weighted by molar-refractivity contribution is 7.21. The third-order valence-corrected chi connectivity index (χ3v) is 5.95. The number of hydrogen-bond acceptors (Lipinski definition) is 4. The van der Waals surface area contributed by atoms with Gasteiger partial charge in [0, 0.05) is 11.8 Å². The zero-order valence-electron chi connectivity index (χ0n) is 15.1. The number of carbonyl (C=O) groups excluding carboxylic acids is 2.